The highest BCUT2D eigenvalue weighted by atomic mass is 32.2. The number of hydrogen-bond donors (Lipinski definition) is 0. The van der Waals surface area contributed by atoms with Gasteiger partial charge in [0.05, 0.1) is 4.90 Å². The van der Waals surface area contributed by atoms with Gasteiger partial charge >= 0.3 is 0 Å². The first-order chi connectivity index (χ1) is 6.53. The molecule has 0 saturated carbocycles. The molecular formula is C9H12N2O2S. The molecule has 76 valence electrons. The molecule has 0 aliphatic carbocycles. The molecule has 0 amide bonds. The van der Waals surface area contributed by atoms with Crippen LogP contribution in [0.1, 0.15) is 19.4 Å². The van der Waals surface area contributed by atoms with Gasteiger partial charge in [-0.05, 0) is 19.9 Å². The van der Waals surface area contributed by atoms with Crippen LogP contribution in [0.15, 0.2) is 23.4 Å². The average molecular weight is 212 g/mol. The molecule has 2 rings (SSSR count). The Morgan fingerprint density at radius 1 is 1.50 bits per heavy atom. The Bertz CT molecular complexity index is 454. The Hall–Kier alpha value is -0.940. The maximum absolute atomic E-state index is 11.9. The summed E-state index contributed by atoms with van der Waals surface area (Å²) in [7, 11) is -3.25. The molecule has 0 aromatic carbocycles. The molecule has 1 aliphatic rings. The van der Waals surface area contributed by atoms with E-state index in [-0.39, 0.29) is 6.04 Å². The van der Waals surface area contributed by atoms with E-state index in [4.69, 9.17) is 0 Å². The van der Waals surface area contributed by atoms with E-state index in [1.165, 1.54) is 10.5 Å². The van der Waals surface area contributed by atoms with Crippen molar-refractivity contribution in [1.82, 2.24) is 9.29 Å². The lowest BCUT2D eigenvalue weighted by molar-refractivity contribution is 0.363. The lowest BCUT2D eigenvalue weighted by atomic mass is 10.2. The molecule has 4 nitrogen and oxygen atoms in total. The second-order valence-electron chi connectivity index (χ2n) is 3.63. The molecule has 0 spiro atoms. The van der Waals surface area contributed by atoms with E-state index in [0.717, 1.165) is 5.56 Å². The highest BCUT2D eigenvalue weighted by Crippen LogP contribution is 2.30. The van der Waals surface area contributed by atoms with Gasteiger partial charge in [0.2, 0.25) is 10.0 Å². The van der Waals surface area contributed by atoms with Crippen molar-refractivity contribution in [2.24, 2.45) is 0 Å². The largest absolute Gasteiger partial charge is 0.264 e. The first-order valence-corrected chi connectivity index (χ1v) is 5.92. The van der Waals surface area contributed by atoms with Crippen molar-refractivity contribution < 1.29 is 8.42 Å². The topological polar surface area (TPSA) is 50.3 Å². The summed E-state index contributed by atoms with van der Waals surface area (Å²) in [6.07, 6.45) is 3.13. The van der Waals surface area contributed by atoms with E-state index in [1.807, 2.05) is 13.8 Å². The Kier molecular flexibility index (Phi) is 2.08. The normalized spacial score (nSPS) is 19.9. The number of nitrogens with zero attached hydrogens (tertiary/aromatic N) is 2. The van der Waals surface area contributed by atoms with E-state index < -0.39 is 10.0 Å². The molecule has 0 bridgehead atoms. The molecule has 0 saturated heterocycles. The summed E-state index contributed by atoms with van der Waals surface area (Å²) in [4.78, 5) is 4.33. The van der Waals surface area contributed by atoms with Crippen molar-refractivity contribution in [3.8, 4) is 0 Å². The van der Waals surface area contributed by atoms with Crippen LogP contribution in [-0.4, -0.2) is 23.7 Å². The van der Waals surface area contributed by atoms with E-state index >= 15 is 0 Å². The molecule has 14 heavy (non-hydrogen) atoms. The predicted molar refractivity (Wildman–Crippen MR) is 52.1 cm³/mol. The minimum Gasteiger partial charge on any atom is -0.264 e. The summed E-state index contributed by atoms with van der Waals surface area (Å²) >= 11 is 0. The molecular weight excluding hydrogens is 200 g/mol. The molecule has 1 aromatic rings. The predicted octanol–water partition coefficient (Wildman–Crippen LogP) is 0.994. The van der Waals surface area contributed by atoms with Gasteiger partial charge in [0.25, 0.3) is 0 Å². The van der Waals surface area contributed by atoms with Gasteiger partial charge in [-0.15, -0.1) is 0 Å². The van der Waals surface area contributed by atoms with E-state index in [0.29, 0.717) is 11.4 Å². The number of fused-ring (bicyclic) bond motifs is 1. The zero-order chi connectivity index (χ0) is 10.3. The minimum absolute atomic E-state index is 0.00704. The average Bonchev–Trinajstić information content (AvgIpc) is 2.39. The summed E-state index contributed by atoms with van der Waals surface area (Å²) in [6, 6.07) is 1.56. The Morgan fingerprint density at radius 2 is 2.21 bits per heavy atom. The Labute approximate surface area is 83.6 Å². The molecule has 0 atom stereocenters. The number of sulfonamides is 1. The van der Waals surface area contributed by atoms with Crippen molar-refractivity contribution in [3.63, 3.8) is 0 Å². The Balaban J connectivity index is 2.57. The second kappa shape index (κ2) is 3.03. The van der Waals surface area contributed by atoms with E-state index in [1.54, 1.807) is 12.3 Å². The van der Waals surface area contributed by atoms with Crippen LogP contribution in [0.4, 0.5) is 0 Å². The number of pyridine rings is 1. The van der Waals surface area contributed by atoms with Crippen LogP contribution in [-0.2, 0) is 16.6 Å². The smallest absolute Gasteiger partial charge is 0.244 e. The van der Waals surface area contributed by atoms with Crippen molar-refractivity contribution in [1.29, 1.82) is 0 Å². The van der Waals surface area contributed by atoms with Crippen molar-refractivity contribution in [2.45, 2.75) is 31.3 Å². The van der Waals surface area contributed by atoms with Gasteiger partial charge < -0.3 is 0 Å². The van der Waals surface area contributed by atoms with Gasteiger partial charge in [-0.2, -0.15) is 4.31 Å². The highest BCUT2D eigenvalue weighted by molar-refractivity contribution is 7.89. The van der Waals surface area contributed by atoms with E-state index in [2.05, 4.69) is 4.98 Å². The summed E-state index contributed by atoms with van der Waals surface area (Å²) in [6.45, 7) is 4.19. The van der Waals surface area contributed by atoms with Crippen molar-refractivity contribution in [2.75, 3.05) is 0 Å². The fraction of sp³-hybridized carbons (Fsp3) is 0.444. The van der Waals surface area contributed by atoms with Crippen LogP contribution in [0.2, 0.25) is 0 Å². The SMILES string of the molecule is CC(C)N1Cc2cnccc2S1(=O)=O. The molecule has 5 heteroatoms. The van der Waals surface area contributed by atoms with Crippen LogP contribution in [0.3, 0.4) is 0 Å². The minimum atomic E-state index is -3.25. The number of hydrogen-bond acceptors (Lipinski definition) is 3. The van der Waals surface area contributed by atoms with Crippen LogP contribution in [0.5, 0.6) is 0 Å². The van der Waals surface area contributed by atoms with Gasteiger partial charge in [0.1, 0.15) is 0 Å². The van der Waals surface area contributed by atoms with E-state index in [9.17, 15) is 8.42 Å². The first-order valence-electron chi connectivity index (χ1n) is 4.48. The monoisotopic (exact) mass is 212 g/mol. The lowest BCUT2D eigenvalue weighted by Gasteiger charge is -2.18. The lowest BCUT2D eigenvalue weighted by Crippen LogP contribution is -2.31. The summed E-state index contributed by atoms with van der Waals surface area (Å²) < 4.78 is 25.3. The molecule has 0 fully saturated rings. The fourth-order valence-electron chi connectivity index (χ4n) is 1.62. The zero-order valence-corrected chi connectivity index (χ0v) is 8.95. The molecule has 1 aromatic heterocycles. The summed E-state index contributed by atoms with van der Waals surface area (Å²) in [5.41, 5.74) is 0.793. The fourth-order valence-corrected chi connectivity index (χ4v) is 3.42. The molecule has 1 aliphatic heterocycles. The third kappa shape index (κ3) is 1.24. The summed E-state index contributed by atoms with van der Waals surface area (Å²) in [5.74, 6) is 0. The van der Waals surface area contributed by atoms with Gasteiger partial charge in [-0.3, -0.25) is 4.98 Å². The van der Waals surface area contributed by atoms with Crippen molar-refractivity contribution in [3.05, 3.63) is 24.0 Å². The number of aromatic nitrogens is 1. The maximum atomic E-state index is 11.9. The van der Waals surface area contributed by atoms with Crippen LogP contribution >= 0.6 is 0 Å². The molecule has 0 radical (unpaired) electrons. The first kappa shape index (κ1) is 9.61. The zero-order valence-electron chi connectivity index (χ0n) is 8.14. The van der Waals surface area contributed by atoms with Crippen LogP contribution < -0.4 is 0 Å². The standard InChI is InChI=1S/C9H12N2O2S/c1-7(2)11-6-8-5-10-4-3-9(8)14(11,12)13/h3-5,7H,6H2,1-2H3. The highest BCUT2D eigenvalue weighted by Gasteiger charge is 2.35. The third-order valence-corrected chi connectivity index (χ3v) is 4.47. The van der Waals surface area contributed by atoms with Crippen LogP contribution in [0, 0.1) is 0 Å². The Morgan fingerprint density at radius 3 is 2.79 bits per heavy atom. The van der Waals surface area contributed by atoms with Gasteiger partial charge in [-0.1, -0.05) is 0 Å². The van der Waals surface area contributed by atoms with Gasteiger partial charge in [0, 0.05) is 30.5 Å². The quantitative estimate of drug-likeness (QED) is 0.697. The van der Waals surface area contributed by atoms with Crippen molar-refractivity contribution >= 4 is 10.0 Å². The molecule has 0 N–H and O–H groups in total. The molecule has 2 heterocycles. The van der Waals surface area contributed by atoms with Gasteiger partial charge in [-0.25, -0.2) is 8.42 Å². The second-order valence-corrected chi connectivity index (χ2v) is 5.49. The van der Waals surface area contributed by atoms with Crippen LogP contribution in [0.25, 0.3) is 0 Å². The third-order valence-electron chi connectivity index (χ3n) is 2.35. The molecule has 0 unspecified atom stereocenters. The maximum Gasteiger partial charge on any atom is 0.244 e. The number of rotatable bonds is 1. The van der Waals surface area contributed by atoms with Gasteiger partial charge in [0.15, 0.2) is 0 Å². The summed E-state index contributed by atoms with van der Waals surface area (Å²) in [5, 5.41) is 0.